The number of terminal acetylenes is 1. The first-order valence-electron chi connectivity index (χ1n) is 15.4. The molecular formula is C34H34F3N5O3. The number of aromatic hydroxyl groups is 1. The van der Waals surface area contributed by atoms with Gasteiger partial charge in [0.25, 0.3) is 0 Å². The molecule has 1 saturated carbocycles. The van der Waals surface area contributed by atoms with E-state index in [1.54, 1.807) is 0 Å². The number of alkyl halides is 1. The summed E-state index contributed by atoms with van der Waals surface area (Å²) < 4.78 is 48.6. The number of aromatic nitrogens is 3. The van der Waals surface area contributed by atoms with Crippen molar-refractivity contribution >= 4 is 27.5 Å². The van der Waals surface area contributed by atoms with Gasteiger partial charge in [-0.1, -0.05) is 12.0 Å². The van der Waals surface area contributed by atoms with E-state index in [0.29, 0.717) is 42.3 Å². The third kappa shape index (κ3) is 5.20. The Morgan fingerprint density at radius 2 is 1.84 bits per heavy atom. The van der Waals surface area contributed by atoms with Crippen molar-refractivity contribution in [3.8, 4) is 35.4 Å². The summed E-state index contributed by atoms with van der Waals surface area (Å²) in [6.07, 6.45) is 11.4. The number of phenols is 1. The Labute approximate surface area is 258 Å². The van der Waals surface area contributed by atoms with Gasteiger partial charge in [0, 0.05) is 54.7 Å². The van der Waals surface area contributed by atoms with Crippen LogP contribution in [0, 0.1) is 35.8 Å². The first-order chi connectivity index (χ1) is 21.7. The second-order valence-electron chi connectivity index (χ2n) is 12.5. The van der Waals surface area contributed by atoms with Crippen LogP contribution in [0.25, 0.3) is 32.9 Å². The Bertz CT molecular complexity index is 1810. The number of rotatable bonds is 3. The largest absolute Gasteiger partial charge is 0.508 e. The second-order valence-corrected chi connectivity index (χ2v) is 12.5. The number of ether oxygens (including phenoxy) is 1. The number of phenolic OH excluding ortho intramolecular Hbond substituents is 1. The summed E-state index contributed by atoms with van der Waals surface area (Å²) in [5.41, 5.74) is -0.0518. The molecule has 2 N–H and O–H groups in total. The fraction of sp³-hybridized carbons (Fsp3) is 0.441. The molecule has 4 fully saturated rings. The number of piperidine rings is 1. The van der Waals surface area contributed by atoms with Gasteiger partial charge in [-0.05, 0) is 62.2 Å². The zero-order valence-corrected chi connectivity index (χ0v) is 24.9. The SMILES string of the molecule is C#Cc1c(F)ccc2cc(O)cc(-c3ncc4c(N5CC6CCC(C5)C6O)nc(OC)nc4c3F)c12.FC1CC2CCCN2C1. The zero-order valence-electron chi connectivity index (χ0n) is 24.9. The van der Waals surface area contributed by atoms with Gasteiger partial charge in [-0.25, -0.2) is 13.2 Å². The van der Waals surface area contributed by atoms with Gasteiger partial charge in [0.2, 0.25) is 0 Å². The third-order valence-corrected chi connectivity index (χ3v) is 9.82. The van der Waals surface area contributed by atoms with Gasteiger partial charge in [-0.3, -0.25) is 9.88 Å². The maximum absolute atomic E-state index is 16.1. The molecule has 4 aromatic rings. The Morgan fingerprint density at radius 1 is 1.07 bits per heavy atom. The number of hydrogen-bond donors (Lipinski definition) is 2. The average molecular weight is 618 g/mol. The molecule has 2 aromatic heterocycles. The van der Waals surface area contributed by atoms with E-state index in [1.807, 2.05) is 4.90 Å². The summed E-state index contributed by atoms with van der Waals surface area (Å²) in [6.45, 7) is 3.02. The van der Waals surface area contributed by atoms with Gasteiger partial charge in [0.1, 0.15) is 34.8 Å². The lowest BCUT2D eigenvalue weighted by Crippen LogP contribution is -2.45. The van der Waals surface area contributed by atoms with Crippen molar-refractivity contribution < 1.29 is 28.1 Å². The number of halogens is 3. The predicted octanol–water partition coefficient (Wildman–Crippen LogP) is 5.22. The number of hydrogen-bond acceptors (Lipinski definition) is 8. The van der Waals surface area contributed by atoms with Crippen molar-refractivity contribution in [2.45, 2.75) is 50.4 Å². The average Bonchev–Trinajstić information content (AvgIpc) is 3.66. The second kappa shape index (κ2) is 11.7. The minimum Gasteiger partial charge on any atom is -0.508 e. The van der Waals surface area contributed by atoms with Crippen LogP contribution in [0.4, 0.5) is 19.0 Å². The Kier molecular flexibility index (Phi) is 7.66. The molecule has 0 amide bonds. The van der Waals surface area contributed by atoms with E-state index in [1.165, 1.54) is 50.4 Å². The lowest BCUT2D eigenvalue weighted by atomic mass is 9.94. The molecule has 3 saturated heterocycles. The quantitative estimate of drug-likeness (QED) is 0.303. The molecule has 0 spiro atoms. The molecule has 2 bridgehead atoms. The van der Waals surface area contributed by atoms with Gasteiger partial charge in [0.05, 0.1) is 24.2 Å². The van der Waals surface area contributed by atoms with E-state index < -0.39 is 17.8 Å². The highest BCUT2D eigenvalue weighted by Gasteiger charge is 2.42. The van der Waals surface area contributed by atoms with Crippen molar-refractivity contribution in [3.63, 3.8) is 0 Å². The van der Waals surface area contributed by atoms with Crippen molar-refractivity contribution in [3.05, 3.63) is 47.7 Å². The van der Waals surface area contributed by atoms with Gasteiger partial charge < -0.3 is 19.8 Å². The van der Waals surface area contributed by atoms with Gasteiger partial charge in [0.15, 0.2) is 5.82 Å². The number of pyridine rings is 1. The third-order valence-electron chi connectivity index (χ3n) is 9.82. The van der Waals surface area contributed by atoms with E-state index in [9.17, 15) is 19.0 Å². The minimum atomic E-state index is -0.770. The van der Waals surface area contributed by atoms with Gasteiger partial charge >= 0.3 is 6.01 Å². The highest BCUT2D eigenvalue weighted by Crippen LogP contribution is 2.42. The fourth-order valence-electron chi connectivity index (χ4n) is 7.69. The number of nitrogens with zero attached hydrogens (tertiary/aromatic N) is 5. The van der Waals surface area contributed by atoms with Crippen LogP contribution >= 0.6 is 0 Å². The Hall–Kier alpha value is -4.14. The molecule has 4 atom stereocenters. The van der Waals surface area contributed by atoms with E-state index in [2.05, 4.69) is 25.8 Å². The van der Waals surface area contributed by atoms with E-state index in [-0.39, 0.29) is 57.4 Å². The molecule has 45 heavy (non-hydrogen) atoms. The lowest BCUT2D eigenvalue weighted by molar-refractivity contribution is 0.0791. The monoisotopic (exact) mass is 617 g/mol. The molecule has 5 heterocycles. The summed E-state index contributed by atoms with van der Waals surface area (Å²) in [4.78, 5) is 17.5. The molecule has 8 nitrogen and oxygen atoms in total. The lowest BCUT2D eigenvalue weighted by Gasteiger charge is -2.36. The van der Waals surface area contributed by atoms with Crippen LogP contribution in [-0.4, -0.2) is 81.7 Å². The molecule has 3 aliphatic heterocycles. The molecule has 11 heteroatoms. The van der Waals surface area contributed by atoms with Gasteiger partial charge in [-0.15, -0.1) is 6.42 Å². The Morgan fingerprint density at radius 3 is 2.56 bits per heavy atom. The van der Waals surface area contributed by atoms with Gasteiger partial charge in [-0.2, -0.15) is 9.97 Å². The molecule has 4 unspecified atom stereocenters. The van der Waals surface area contributed by atoms with Crippen LogP contribution in [-0.2, 0) is 0 Å². The summed E-state index contributed by atoms with van der Waals surface area (Å²) in [7, 11) is 1.40. The van der Waals surface area contributed by atoms with Crippen molar-refractivity contribution in [1.29, 1.82) is 0 Å². The van der Waals surface area contributed by atoms with Crippen LogP contribution in [0.3, 0.4) is 0 Å². The van der Waals surface area contributed by atoms with Crippen molar-refractivity contribution in [1.82, 2.24) is 19.9 Å². The minimum absolute atomic E-state index is 0.0110. The van der Waals surface area contributed by atoms with Crippen LogP contribution in [0.1, 0.15) is 37.7 Å². The molecule has 8 rings (SSSR count). The first-order valence-corrected chi connectivity index (χ1v) is 15.4. The van der Waals surface area contributed by atoms with E-state index >= 15 is 4.39 Å². The van der Waals surface area contributed by atoms with Crippen LogP contribution in [0.2, 0.25) is 0 Å². The zero-order chi connectivity index (χ0) is 31.4. The predicted molar refractivity (Wildman–Crippen MR) is 165 cm³/mol. The van der Waals surface area contributed by atoms with Crippen LogP contribution in [0.5, 0.6) is 11.8 Å². The maximum atomic E-state index is 16.1. The summed E-state index contributed by atoms with van der Waals surface area (Å²) in [6, 6.07) is 6.01. The number of aliphatic hydroxyl groups is 1. The first kappa shape index (κ1) is 29.6. The highest BCUT2D eigenvalue weighted by molar-refractivity contribution is 6.03. The summed E-state index contributed by atoms with van der Waals surface area (Å²) >= 11 is 0. The molecule has 1 aliphatic carbocycles. The fourth-order valence-corrected chi connectivity index (χ4v) is 7.69. The highest BCUT2D eigenvalue weighted by atomic mass is 19.1. The van der Waals surface area contributed by atoms with Crippen molar-refractivity contribution in [2.75, 3.05) is 38.2 Å². The standard InChI is InChI=1S/C27H22F2N4O3.C7H12FN/c1-3-17-20(28)7-6-13-8-16(34)9-18(21(13)17)23-22(29)24-19(10-30-23)26(32-27(31-24)36-2)33-11-14-4-5-15(12-33)25(14)35;8-6-4-7-2-1-3-9(7)5-6/h1,6-10,14-15,25,34-35H,4-5,11-12H2,2H3;6-7H,1-5H2. The van der Waals surface area contributed by atoms with E-state index in [0.717, 1.165) is 25.8 Å². The van der Waals surface area contributed by atoms with Crippen LogP contribution < -0.4 is 9.64 Å². The summed E-state index contributed by atoms with van der Waals surface area (Å²) in [5.74, 6) is 1.51. The maximum Gasteiger partial charge on any atom is 0.318 e. The number of benzene rings is 2. The number of aliphatic hydroxyl groups excluding tert-OH is 1. The normalized spacial score (nSPS) is 25.7. The number of anilines is 1. The Balaban J connectivity index is 0.000000308. The number of methoxy groups -OCH3 is 1. The van der Waals surface area contributed by atoms with E-state index in [4.69, 9.17) is 11.2 Å². The topological polar surface area (TPSA) is 94.8 Å². The molecule has 234 valence electrons. The van der Waals surface area contributed by atoms with Crippen LogP contribution in [0.15, 0.2) is 30.5 Å². The molecule has 2 aromatic carbocycles. The smallest absolute Gasteiger partial charge is 0.318 e. The van der Waals surface area contributed by atoms with Crippen molar-refractivity contribution in [2.24, 2.45) is 11.8 Å². The molecule has 0 radical (unpaired) electrons. The number of fused-ring (bicyclic) bond motifs is 5. The summed E-state index contributed by atoms with van der Waals surface area (Å²) in [5, 5.41) is 21.9. The molecular weight excluding hydrogens is 583 g/mol. The molecule has 4 aliphatic rings.